The van der Waals surface area contributed by atoms with Gasteiger partial charge in [0.05, 0.1) is 0 Å². The fourth-order valence-electron chi connectivity index (χ4n) is 0.766. The number of nitrogen functional groups attached to an aromatic ring is 1. The number of anilines is 1. The molecule has 1 aromatic heterocycles. The molecule has 12 heavy (non-hydrogen) atoms. The van der Waals surface area contributed by atoms with Crippen LogP contribution in [-0.2, 0) is 0 Å². The Labute approximate surface area is 69.3 Å². The number of rotatable bonds is 2. The Balaban J connectivity index is 3.18. The van der Waals surface area contributed by atoms with Crippen molar-refractivity contribution in [2.24, 2.45) is 5.73 Å². The van der Waals surface area contributed by atoms with Gasteiger partial charge in [0.25, 0.3) is 0 Å². The average molecular weight is 166 g/mol. The predicted octanol–water partition coefficient (Wildman–Crippen LogP) is -0.531. The molecule has 0 radical (unpaired) electrons. The van der Waals surface area contributed by atoms with Crippen LogP contribution in [0.5, 0.6) is 0 Å². The first kappa shape index (κ1) is 8.48. The van der Waals surface area contributed by atoms with Gasteiger partial charge < -0.3 is 11.5 Å². The molecule has 0 aromatic carbocycles. The third-order valence-electron chi connectivity index (χ3n) is 1.41. The van der Waals surface area contributed by atoms with Crippen LogP contribution in [0, 0.1) is 0 Å². The fourth-order valence-corrected chi connectivity index (χ4v) is 0.766. The topological polar surface area (TPSA) is 86.9 Å². The summed E-state index contributed by atoms with van der Waals surface area (Å²) in [6.45, 7) is 3.46. The Morgan fingerprint density at radius 3 is 2.92 bits per heavy atom. The maximum absolute atomic E-state index is 11.1. The molecule has 64 valence electrons. The average Bonchev–Trinajstić information content (AvgIpc) is 2.03. The molecule has 1 atom stereocenters. The van der Waals surface area contributed by atoms with Crippen molar-refractivity contribution in [3.8, 4) is 0 Å². The monoisotopic (exact) mass is 166 g/mol. The Hall–Kier alpha value is -1.62. The summed E-state index contributed by atoms with van der Waals surface area (Å²) in [6.07, 6.45) is 2.38. The van der Waals surface area contributed by atoms with Gasteiger partial charge in [-0.2, -0.15) is 4.98 Å². The molecule has 0 spiro atoms. The van der Waals surface area contributed by atoms with Crippen molar-refractivity contribution in [3.63, 3.8) is 0 Å². The minimum Gasteiger partial charge on any atom is -0.383 e. The molecule has 5 nitrogen and oxygen atoms in total. The third-order valence-corrected chi connectivity index (χ3v) is 1.41. The molecule has 1 aromatic rings. The second-order valence-corrected chi connectivity index (χ2v) is 2.27. The van der Waals surface area contributed by atoms with E-state index < -0.39 is 11.9 Å². The van der Waals surface area contributed by atoms with Crippen molar-refractivity contribution in [2.45, 2.75) is 6.17 Å². The molecule has 0 aliphatic heterocycles. The first-order valence-electron chi connectivity index (χ1n) is 3.38. The van der Waals surface area contributed by atoms with E-state index in [-0.39, 0.29) is 5.82 Å². The van der Waals surface area contributed by atoms with Crippen LogP contribution < -0.4 is 17.2 Å². The van der Waals surface area contributed by atoms with Crippen molar-refractivity contribution in [2.75, 3.05) is 5.73 Å². The summed E-state index contributed by atoms with van der Waals surface area (Å²) < 4.78 is 1.24. The molecule has 0 fully saturated rings. The van der Waals surface area contributed by atoms with Crippen molar-refractivity contribution < 1.29 is 0 Å². The molecule has 1 rings (SSSR count). The Morgan fingerprint density at radius 2 is 2.42 bits per heavy atom. The van der Waals surface area contributed by atoms with Gasteiger partial charge in [0, 0.05) is 6.20 Å². The molecule has 0 bridgehead atoms. The highest BCUT2D eigenvalue weighted by Crippen LogP contribution is 1.96. The molecule has 0 saturated carbocycles. The van der Waals surface area contributed by atoms with Gasteiger partial charge in [0.2, 0.25) is 0 Å². The molecule has 5 heteroatoms. The lowest BCUT2D eigenvalue weighted by atomic mass is 10.4. The molecular weight excluding hydrogens is 156 g/mol. The van der Waals surface area contributed by atoms with Gasteiger partial charge in [-0.1, -0.05) is 12.7 Å². The molecular formula is C7H10N4O. The number of hydrogen-bond acceptors (Lipinski definition) is 4. The number of hydrogen-bond donors (Lipinski definition) is 2. The number of nitrogens with zero attached hydrogens (tertiary/aromatic N) is 2. The molecule has 0 aliphatic carbocycles. The van der Waals surface area contributed by atoms with E-state index in [9.17, 15) is 4.79 Å². The minimum atomic E-state index is -0.550. The molecule has 0 aliphatic rings. The van der Waals surface area contributed by atoms with Crippen molar-refractivity contribution in [1.29, 1.82) is 0 Å². The molecule has 0 amide bonds. The number of aromatic nitrogens is 2. The zero-order chi connectivity index (χ0) is 9.14. The smallest absolute Gasteiger partial charge is 0.351 e. The standard InChI is InChI=1S/C7H10N4O/c1-2-6(9)11-4-3-5(8)10-7(11)12/h2-4,6H,1,9H2,(H2,8,10,12). The Kier molecular flexibility index (Phi) is 2.25. The molecule has 0 saturated heterocycles. The van der Waals surface area contributed by atoms with Crippen LogP contribution in [0.2, 0.25) is 0 Å². The van der Waals surface area contributed by atoms with Gasteiger partial charge in [-0.3, -0.25) is 4.57 Å². The SMILES string of the molecule is C=CC(N)n1ccc(N)nc1=O. The van der Waals surface area contributed by atoms with Gasteiger partial charge in [-0.25, -0.2) is 4.79 Å². The lowest BCUT2D eigenvalue weighted by Gasteiger charge is -2.08. The first-order chi connectivity index (χ1) is 5.65. The van der Waals surface area contributed by atoms with Gasteiger partial charge >= 0.3 is 5.69 Å². The largest absolute Gasteiger partial charge is 0.383 e. The highest BCUT2D eigenvalue weighted by molar-refractivity contribution is 5.23. The zero-order valence-corrected chi connectivity index (χ0v) is 6.47. The summed E-state index contributed by atoms with van der Waals surface area (Å²) in [6, 6.07) is 1.50. The van der Waals surface area contributed by atoms with E-state index in [1.54, 1.807) is 0 Å². The van der Waals surface area contributed by atoms with Gasteiger partial charge in [-0.15, -0.1) is 0 Å². The Morgan fingerprint density at radius 1 is 1.75 bits per heavy atom. The Bertz CT molecular complexity index is 344. The zero-order valence-electron chi connectivity index (χ0n) is 6.47. The van der Waals surface area contributed by atoms with E-state index in [0.717, 1.165) is 0 Å². The second kappa shape index (κ2) is 3.19. The highest BCUT2D eigenvalue weighted by atomic mass is 16.1. The molecule has 1 heterocycles. The lowest BCUT2D eigenvalue weighted by Crippen LogP contribution is -2.30. The van der Waals surface area contributed by atoms with Gasteiger partial charge in [0.15, 0.2) is 0 Å². The third kappa shape index (κ3) is 1.51. The van der Waals surface area contributed by atoms with Crippen LogP contribution in [0.3, 0.4) is 0 Å². The normalized spacial score (nSPS) is 12.4. The number of nitrogens with two attached hydrogens (primary N) is 2. The van der Waals surface area contributed by atoms with E-state index in [1.165, 1.54) is 22.9 Å². The van der Waals surface area contributed by atoms with Crippen LogP contribution in [-0.4, -0.2) is 9.55 Å². The fraction of sp³-hybridized carbons (Fsp3) is 0.143. The second-order valence-electron chi connectivity index (χ2n) is 2.27. The summed E-state index contributed by atoms with van der Waals surface area (Å²) in [5, 5.41) is 0. The van der Waals surface area contributed by atoms with E-state index >= 15 is 0 Å². The van der Waals surface area contributed by atoms with E-state index in [4.69, 9.17) is 11.5 Å². The molecule has 4 N–H and O–H groups in total. The quantitative estimate of drug-likeness (QED) is 0.578. The predicted molar refractivity (Wildman–Crippen MR) is 46.3 cm³/mol. The first-order valence-corrected chi connectivity index (χ1v) is 3.38. The summed E-state index contributed by atoms with van der Waals surface area (Å²) in [5.41, 5.74) is 10.3. The maximum Gasteiger partial charge on any atom is 0.351 e. The van der Waals surface area contributed by atoms with Crippen LogP contribution in [0.4, 0.5) is 5.82 Å². The van der Waals surface area contributed by atoms with Crippen LogP contribution in [0.1, 0.15) is 6.17 Å². The van der Waals surface area contributed by atoms with E-state index in [1.807, 2.05) is 0 Å². The van der Waals surface area contributed by atoms with Gasteiger partial charge in [-0.05, 0) is 6.07 Å². The van der Waals surface area contributed by atoms with E-state index in [2.05, 4.69) is 11.6 Å². The lowest BCUT2D eigenvalue weighted by molar-refractivity contribution is 0.593. The van der Waals surface area contributed by atoms with Crippen LogP contribution in [0.15, 0.2) is 29.7 Å². The van der Waals surface area contributed by atoms with Crippen LogP contribution in [0.25, 0.3) is 0 Å². The highest BCUT2D eigenvalue weighted by Gasteiger charge is 2.02. The molecule has 1 unspecified atom stereocenters. The minimum absolute atomic E-state index is 0.188. The van der Waals surface area contributed by atoms with Crippen molar-refractivity contribution in [1.82, 2.24) is 9.55 Å². The van der Waals surface area contributed by atoms with E-state index in [0.29, 0.717) is 0 Å². The summed E-state index contributed by atoms with van der Waals surface area (Å²) >= 11 is 0. The summed E-state index contributed by atoms with van der Waals surface area (Å²) in [7, 11) is 0. The van der Waals surface area contributed by atoms with Crippen molar-refractivity contribution in [3.05, 3.63) is 35.4 Å². The van der Waals surface area contributed by atoms with Crippen molar-refractivity contribution >= 4 is 5.82 Å². The van der Waals surface area contributed by atoms with Crippen LogP contribution >= 0.6 is 0 Å². The van der Waals surface area contributed by atoms with Gasteiger partial charge in [0.1, 0.15) is 12.0 Å². The maximum atomic E-state index is 11.1. The summed E-state index contributed by atoms with van der Waals surface area (Å²) in [4.78, 5) is 14.6. The summed E-state index contributed by atoms with van der Waals surface area (Å²) in [5.74, 6) is 0.188.